The molecule has 0 spiro atoms. The number of hydrogen-bond donors (Lipinski definition) is 3. The van der Waals surface area contributed by atoms with Crippen LogP contribution in [0.2, 0.25) is 0 Å². The molecule has 0 aromatic carbocycles. The fraction of sp³-hybridized carbons (Fsp3) is 0.696. The van der Waals surface area contributed by atoms with Crippen molar-refractivity contribution in [2.45, 2.75) is 51.5 Å². The van der Waals surface area contributed by atoms with Crippen molar-refractivity contribution in [1.82, 2.24) is 14.8 Å². The third kappa shape index (κ3) is 6.68. The van der Waals surface area contributed by atoms with E-state index in [2.05, 4.69) is 24.8 Å². The lowest BCUT2D eigenvalue weighted by molar-refractivity contribution is -0.135. The predicted molar refractivity (Wildman–Crippen MR) is 128 cm³/mol. The number of amides is 1. The molecular formula is C23H39N5O3S. The van der Waals surface area contributed by atoms with Gasteiger partial charge in [-0.2, -0.15) is 0 Å². The number of morpholine rings is 1. The lowest BCUT2D eigenvalue weighted by Crippen LogP contribution is -2.46. The smallest absolute Gasteiger partial charge is 0.243 e. The van der Waals surface area contributed by atoms with Gasteiger partial charge in [0.1, 0.15) is 6.54 Å². The van der Waals surface area contributed by atoms with Crippen molar-refractivity contribution >= 4 is 17.2 Å². The number of ether oxygens (including phenoxy) is 1. The summed E-state index contributed by atoms with van der Waals surface area (Å²) in [4.78, 5) is 19.3. The van der Waals surface area contributed by atoms with Gasteiger partial charge in [-0.25, -0.2) is 5.84 Å². The molecule has 0 aliphatic carbocycles. The summed E-state index contributed by atoms with van der Waals surface area (Å²) in [5.41, 5.74) is 8.38. The van der Waals surface area contributed by atoms with Crippen LogP contribution in [0.15, 0.2) is 18.0 Å². The number of thiophene rings is 1. The van der Waals surface area contributed by atoms with Gasteiger partial charge in [-0.3, -0.25) is 9.69 Å². The van der Waals surface area contributed by atoms with Gasteiger partial charge in [-0.05, 0) is 50.3 Å². The van der Waals surface area contributed by atoms with Gasteiger partial charge < -0.3 is 25.5 Å². The molecule has 9 heteroatoms. The van der Waals surface area contributed by atoms with E-state index in [1.54, 1.807) is 11.1 Å². The third-order valence-corrected chi connectivity index (χ3v) is 7.79. The van der Waals surface area contributed by atoms with Crippen molar-refractivity contribution in [2.24, 2.45) is 11.6 Å². The number of aliphatic hydroxyl groups excluding tert-OH is 1. The quantitative estimate of drug-likeness (QED) is 0.372. The van der Waals surface area contributed by atoms with Gasteiger partial charge in [-0.15, -0.1) is 11.3 Å². The van der Waals surface area contributed by atoms with Crippen molar-refractivity contribution in [2.75, 3.05) is 52.5 Å². The van der Waals surface area contributed by atoms with Crippen LogP contribution in [0, 0.1) is 0 Å². The Morgan fingerprint density at radius 1 is 1.38 bits per heavy atom. The van der Waals surface area contributed by atoms with Crippen molar-refractivity contribution < 1.29 is 14.6 Å². The molecule has 2 fully saturated rings. The topological polar surface area (TPSA) is 108 Å². The summed E-state index contributed by atoms with van der Waals surface area (Å²) >= 11 is 1.85. The second kappa shape index (κ2) is 12.0. The number of nitrogens with zero attached hydrogens (tertiary/aromatic N) is 3. The van der Waals surface area contributed by atoms with E-state index in [1.807, 2.05) is 11.3 Å². The highest BCUT2D eigenvalue weighted by Crippen LogP contribution is 2.37. The number of carbonyl (C=O) groups is 1. The fourth-order valence-electron chi connectivity index (χ4n) is 4.66. The highest BCUT2D eigenvalue weighted by atomic mass is 32.1. The zero-order valence-corrected chi connectivity index (χ0v) is 20.3. The van der Waals surface area contributed by atoms with E-state index in [0.29, 0.717) is 50.5 Å². The molecule has 32 heavy (non-hydrogen) atoms. The number of aliphatic hydroxyl groups is 1. The number of nitrogens with two attached hydrogens (primary N) is 2. The van der Waals surface area contributed by atoms with E-state index in [1.165, 1.54) is 20.3 Å². The van der Waals surface area contributed by atoms with Gasteiger partial charge in [0.15, 0.2) is 0 Å². The Labute approximate surface area is 195 Å². The molecule has 5 N–H and O–H groups in total. The van der Waals surface area contributed by atoms with Gasteiger partial charge in [-0.1, -0.05) is 6.92 Å². The maximum absolute atomic E-state index is 12.4. The SMILES string of the molecule is CCc1cc(C2CCN(C/C(N)=C/N(N)CC(=O)N3CCOCC3)C(C)C2)c(CCO)s1. The predicted octanol–water partition coefficient (Wildman–Crippen LogP) is 1.25. The summed E-state index contributed by atoms with van der Waals surface area (Å²) in [7, 11) is 0. The summed E-state index contributed by atoms with van der Waals surface area (Å²) in [6.07, 6.45) is 5.64. The van der Waals surface area contributed by atoms with Crippen LogP contribution in [0.1, 0.15) is 47.9 Å². The van der Waals surface area contributed by atoms with Crippen LogP contribution in [0.25, 0.3) is 0 Å². The summed E-state index contributed by atoms with van der Waals surface area (Å²) in [5.74, 6) is 6.57. The van der Waals surface area contributed by atoms with Crippen LogP contribution in [0.4, 0.5) is 0 Å². The monoisotopic (exact) mass is 465 g/mol. The Morgan fingerprint density at radius 3 is 2.78 bits per heavy atom. The van der Waals surface area contributed by atoms with Gasteiger partial charge in [0.05, 0.1) is 13.2 Å². The Hall–Kier alpha value is -1.65. The number of likely N-dealkylation sites (tertiary alicyclic amines) is 1. The van der Waals surface area contributed by atoms with Crippen molar-refractivity contribution in [1.29, 1.82) is 0 Å². The van der Waals surface area contributed by atoms with Crippen LogP contribution >= 0.6 is 11.3 Å². The summed E-state index contributed by atoms with van der Waals surface area (Å²) < 4.78 is 5.29. The Balaban J connectivity index is 1.52. The minimum atomic E-state index is -0.00470. The molecule has 0 radical (unpaired) electrons. The van der Waals surface area contributed by atoms with Crippen LogP contribution in [-0.4, -0.2) is 84.4 Å². The zero-order valence-electron chi connectivity index (χ0n) is 19.5. The number of rotatable bonds is 9. The molecule has 1 aromatic rings. The molecule has 0 saturated carbocycles. The molecule has 2 unspecified atom stereocenters. The van der Waals surface area contributed by atoms with E-state index in [9.17, 15) is 9.90 Å². The molecule has 8 nitrogen and oxygen atoms in total. The highest BCUT2D eigenvalue weighted by molar-refractivity contribution is 7.12. The van der Waals surface area contributed by atoms with Crippen molar-refractivity contribution in [3.63, 3.8) is 0 Å². The average Bonchev–Trinajstić information content (AvgIpc) is 3.19. The summed E-state index contributed by atoms with van der Waals surface area (Å²) in [6, 6.07) is 2.75. The van der Waals surface area contributed by atoms with Gasteiger partial charge >= 0.3 is 0 Å². The van der Waals surface area contributed by atoms with E-state index < -0.39 is 0 Å². The van der Waals surface area contributed by atoms with Gasteiger partial charge in [0, 0.05) is 60.4 Å². The molecule has 2 saturated heterocycles. The first-order chi connectivity index (χ1) is 15.4. The van der Waals surface area contributed by atoms with E-state index in [-0.39, 0.29) is 19.1 Å². The summed E-state index contributed by atoms with van der Waals surface area (Å²) in [5, 5.41) is 10.8. The summed E-state index contributed by atoms with van der Waals surface area (Å²) in [6.45, 7) is 8.75. The number of carbonyl (C=O) groups excluding carboxylic acids is 1. The highest BCUT2D eigenvalue weighted by Gasteiger charge is 2.29. The molecule has 0 bridgehead atoms. The first-order valence-corrected chi connectivity index (χ1v) is 12.5. The lowest BCUT2D eigenvalue weighted by Gasteiger charge is -2.38. The average molecular weight is 466 g/mol. The molecule has 2 atom stereocenters. The Bertz CT molecular complexity index is 778. The molecule has 3 rings (SSSR count). The fourth-order valence-corrected chi connectivity index (χ4v) is 5.84. The molecule has 1 aromatic heterocycles. The normalized spacial score (nSPS) is 22.9. The minimum Gasteiger partial charge on any atom is -0.400 e. The van der Waals surface area contributed by atoms with Crippen LogP contribution in [0.3, 0.4) is 0 Å². The van der Waals surface area contributed by atoms with Crippen molar-refractivity contribution in [3.8, 4) is 0 Å². The van der Waals surface area contributed by atoms with E-state index >= 15 is 0 Å². The number of hydrogen-bond acceptors (Lipinski definition) is 8. The Morgan fingerprint density at radius 2 is 2.12 bits per heavy atom. The van der Waals surface area contributed by atoms with E-state index in [4.69, 9.17) is 16.3 Å². The molecule has 180 valence electrons. The lowest BCUT2D eigenvalue weighted by atomic mass is 9.85. The zero-order chi connectivity index (χ0) is 23.1. The maximum Gasteiger partial charge on any atom is 0.243 e. The molecule has 2 aliphatic heterocycles. The Kier molecular flexibility index (Phi) is 9.36. The van der Waals surface area contributed by atoms with Gasteiger partial charge in [0.2, 0.25) is 5.91 Å². The molecule has 2 aliphatic rings. The first kappa shape index (κ1) is 25.0. The molecular weight excluding hydrogens is 426 g/mol. The third-order valence-electron chi connectivity index (χ3n) is 6.43. The second-order valence-corrected chi connectivity index (χ2v) is 10.0. The van der Waals surface area contributed by atoms with Crippen LogP contribution < -0.4 is 11.6 Å². The van der Waals surface area contributed by atoms with Crippen LogP contribution in [0.5, 0.6) is 0 Å². The van der Waals surface area contributed by atoms with E-state index in [0.717, 1.165) is 32.2 Å². The number of hydrazine groups is 1. The second-order valence-electron chi connectivity index (χ2n) is 8.83. The molecule has 3 heterocycles. The number of aryl methyl sites for hydroxylation is 1. The van der Waals surface area contributed by atoms with Gasteiger partial charge in [0.25, 0.3) is 0 Å². The standard InChI is InChI=1S/C23H39N5O3S/c1-3-20-13-21(22(32-20)5-9-29)18-4-6-27(17(2)12-18)14-19(24)15-28(25)16-23(30)26-7-10-31-11-8-26/h13,15,17-18,29H,3-12,14,16,24-25H2,1-2H3/b19-15-. The first-order valence-electron chi connectivity index (χ1n) is 11.7. The molecule has 1 amide bonds. The van der Waals surface area contributed by atoms with Crippen LogP contribution in [-0.2, 0) is 22.4 Å². The number of piperidine rings is 1. The largest absolute Gasteiger partial charge is 0.400 e. The maximum atomic E-state index is 12.4. The van der Waals surface area contributed by atoms with Crippen molar-refractivity contribution in [3.05, 3.63) is 33.3 Å². The minimum absolute atomic E-state index is 0.00470.